The van der Waals surface area contributed by atoms with Crippen molar-refractivity contribution in [2.75, 3.05) is 18.1 Å². The molecule has 1 aliphatic rings. The van der Waals surface area contributed by atoms with Crippen LogP contribution in [0, 0.1) is 11.3 Å². The minimum absolute atomic E-state index is 0.00724. The molecule has 120 valence electrons. The lowest BCUT2D eigenvalue weighted by Gasteiger charge is -2.27. The van der Waals surface area contributed by atoms with E-state index in [9.17, 15) is 16.8 Å². The Balaban J connectivity index is 2.46. The van der Waals surface area contributed by atoms with E-state index in [1.54, 1.807) is 12.1 Å². The Morgan fingerprint density at radius 2 is 2.05 bits per heavy atom. The summed E-state index contributed by atoms with van der Waals surface area (Å²) in [5.41, 5.74) is 0.0736. The van der Waals surface area contributed by atoms with Gasteiger partial charge in [0.25, 0.3) is 0 Å². The maximum absolute atomic E-state index is 12.9. The van der Waals surface area contributed by atoms with Crippen molar-refractivity contribution in [3.05, 3.63) is 29.8 Å². The fourth-order valence-electron chi connectivity index (χ4n) is 2.63. The Morgan fingerprint density at radius 1 is 1.36 bits per heavy atom. The van der Waals surface area contributed by atoms with Crippen molar-refractivity contribution in [2.45, 2.75) is 30.7 Å². The van der Waals surface area contributed by atoms with Crippen molar-refractivity contribution in [1.82, 2.24) is 4.31 Å². The molecule has 1 atom stereocenters. The van der Waals surface area contributed by atoms with Crippen LogP contribution >= 0.6 is 0 Å². The summed E-state index contributed by atoms with van der Waals surface area (Å²) in [7, 11) is -7.08. The topological polar surface area (TPSA) is 95.3 Å². The monoisotopic (exact) mass is 342 g/mol. The Hall–Kier alpha value is -1.43. The van der Waals surface area contributed by atoms with Crippen LogP contribution in [0.5, 0.6) is 0 Å². The number of sulfone groups is 1. The van der Waals surface area contributed by atoms with Crippen LogP contribution in [0.15, 0.2) is 29.2 Å². The summed E-state index contributed by atoms with van der Waals surface area (Å²) in [5, 5.41) is 9.11. The first-order chi connectivity index (χ1) is 10.3. The summed E-state index contributed by atoms with van der Waals surface area (Å²) in [5.74, 6) is -0.145. The summed E-state index contributed by atoms with van der Waals surface area (Å²) in [6.07, 6.45) is 0.876. The van der Waals surface area contributed by atoms with Crippen LogP contribution in [0.25, 0.3) is 0 Å². The third kappa shape index (κ3) is 3.32. The van der Waals surface area contributed by atoms with Crippen LogP contribution in [0.1, 0.15) is 25.3 Å². The van der Waals surface area contributed by atoms with Crippen molar-refractivity contribution < 1.29 is 16.8 Å². The van der Waals surface area contributed by atoms with E-state index >= 15 is 0 Å². The Morgan fingerprint density at radius 3 is 2.59 bits per heavy atom. The predicted octanol–water partition coefficient (Wildman–Crippen LogP) is 1.15. The lowest BCUT2D eigenvalue weighted by molar-refractivity contribution is 0.340. The molecule has 1 aliphatic heterocycles. The van der Waals surface area contributed by atoms with Crippen LogP contribution in [0.2, 0.25) is 0 Å². The number of hydrogen-bond donors (Lipinski definition) is 0. The highest BCUT2D eigenvalue weighted by Crippen LogP contribution is 2.26. The number of nitriles is 1. The van der Waals surface area contributed by atoms with Gasteiger partial charge in [0, 0.05) is 12.6 Å². The molecule has 1 fully saturated rings. The Bertz CT molecular complexity index is 794. The molecule has 22 heavy (non-hydrogen) atoms. The molecule has 0 unspecified atom stereocenters. The van der Waals surface area contributed by atoms with E-state index in [1.165, 1.54) is 16.4 Å². The van der Waals surface area contributed by atoms with E-state index in [0.717, 1.165) is 0 Å². The van der Waals surface area contributed by atoms with Gasteiger partial charge in [0.05, 0.1) is 22.0 Å². The highest BCUT2D eigenvalue weighted by molar-refractivity contribution is 7.92. The van der Waals surface area contributed by atoms with Crippen LogP contribution in [-0.4, -0.2) is 45.2 Å². The van der Waals surface area contributed by atoms with E-state index in [2.05, 4.69) is 0 Å². The molecular weight excluding hydrogens is 324 g/mol. The molecule has 0 spiro atoms. The highest BCUT2D eigenvalue weighted by atomic mass is 32.2. The molecular formula is C14H18N2O4S2. The molecule has 2 rings (SSSR count). The quantitative estimate of drug-likeness (QED) is 0.800. The van der Waals surface area contributed by atoms with E-state index in [0.29, 0.717) is 12.8 Å². The average Bonchev–Trinajstić information content (AvgIpc) is 2.84. The molecule has 6 nitrogen and oxygen atoms in total. The summed E-state index contributed by atoms with van der Waals surface area (Å²) in [4.78, 5) is -0.0600. The highest BCUT2D eigenvalue weighted by Gasteiger charge is 2.38. The van der Waals surface area contributed by atoms with E-state index in [1.807, 2.05) is 13.0 Å². The molecule has 0 N–H and O–H groups in total. The van der Waals surface area contributed by atoms with Crippen LogP contribution < -0.4 is 0 Å². The lowest BCUT2D eigenvalue weighted by Crippen LogP contribution is -2.41. The molecule has 1 aromatic rings. The van der Waals surface area contributed by atoms with E-state index in [4.69, 9.17) is 5.26 Å². The zero-order valence-electron chi connectivity index (χ0n) is 12.3. The van der Waals surface area contributed by atoms with Crippen molar-refractivity contribution in [3.63, 3.8) is 0 Å². The molecule has 1 aromatic carbocycles. The van der Waals surface area contributed by atoms with Crippen molar-refractivity contribution in [1.29, 1.82) is 5.26 Å². The summed E-state index contributed by atoms with van der Waals surface area (Å²) >= 11 is 0. The van der Waals surface area contributed by atoms with E-state index in [-0.39, 0.29) is 28.5 Å². The maximum atomic E-state index is 12.9. The van der Waals surface area contributed by atoms with Crippen LogP contribution in [0.3, 0.4) is 0 Å². The van der Waals surface area contributed by atoms with Crippen LogP contribution in [0.4, 0.5) is 0 Å². The van der Waals surface area contributed by atoms with Gasteiger partial charge in [-0.25, -0.2) is 16.8 Å². The summed E-state index contributed by atoms with van der Waals surface area (Å²) < 4.78 is 50.3. The van der Waals surface area contributed by atoms with Gasteiger partial charge in [0.15, 0.2) is 9.84 Å². The van der Waals surface area contributed by atoms with Gasteiger partial charge in [0.2, 0.25) is 10.0 Å². The SMILES string of the molecule is CCCN([C@H]1CCS(=O)(=O)C1)S(=O)(=O)c1ccccc1C#N. The zero-order valence-corrected chi connectivity index (χ0v) is 13.9. The van der Waals surface area contributed by atoms with E-state index < -0.39 is 25.9 Å². The van der Waals surface area contributed by atoms with Crippen molar-refractivity contribution in [3.8, 4) is 6.07 Å². The first-order valence-corrected chi connectivity index (χ1v) is 10.3. The first kappa shape index (κ1) is 16.9. The molecule has 0 saturated carbocycles. The van der Waals surface area contributed by atoms with Gasteiger partial charge in [-0.15, -0.1) is 0 Å². The second-order valence-corrected chi connectivity index (χ2v) is 9.37. The summed E-state index contributed by atoms with van der Waals surface area (Å²) in [6.45, 7) is 2.07. The minimum Gasteiger partial charge on any atom is -0.229 e. The molecule has 0 aliphatic carbocycles. The van der Waals surface area contributed by atoms with Gasteiger partial charge in [-0.1, -0.05) is 19.1 Å². The number of rotatable bonds is 5. The molecule has 0 aromatic heterocycles. The number of nitrogens with zero attached hydrogens (tertiary/aromatic N) is 2. The smallest absolute Gasteiger partial charge is 0.229 e. The second kappa shape index (κ2) is 6.36. The van der Waals surface area contributed by atoms with Crippen molar-refractivity contribution >= 4 is 19.9 Å². The molecule has 1 heterocycles. The minimum atomic E-state index is -3.89. The van der Waals surface area contributed by atoms with Crippen molar-refractivity contribution in [2.24, 2.45) is 0 Å². The summed E-state index contributed by atoms with van der Waals surface area (Å²) in [6, 6.07) is 7.32. The maximum Gasteiger partial charge on any atom is 0.244 e. The Kier molecular flexibility index (Phi) is 4.90. The largest absolute Gasteiger partial charge is 0.244 e. The molecule has 0 radical (unpaired) electrons. The molecule has 1 saturated heterocycles. The standard InChI is InChI=1S/C14H18N2O4S2/c1-2-8-16(13-7-9-21(17,18)11-13)22(19,20)14-6-4-3-5-12(14)10-15/h3-6,13H,2,7-9,11H2,1H3/t13-/m0/s1. The fraction of sp³-hybridized carbons (Fsp3) is 0.500. The van der Waals surface area contributed by atoms with Crippen LogP contribution in [-0.2, 0) is 19.9 Å². The van der Waals surface area contributed by atoms with Gasteiger partial charge >= 0.3 is 0 Å². The number of sulfonamides is 1. The molecule has 8 heteroatoms. The van der Waals surface area contributed by atoms with Gasteiger partial charge < -0.3 is 0 Å². The van der Waals surface area contributed by atoms with Gasteiger partial charge in [0.1, 0.15) is 6.07 Å². The zero-order chi connectivity index (χ0) is 16.4. The van der Waals surface area contributed by atoms with Gasteiger partial charge in [-0.05, 0) is 25.0 Å². The predicted molar refractivity (Wildman–Crippen MR) is 82.4 cm³/mol. The Labute approximate surface area is 131 Å². The fourth-order valence-corrected chi connectivity index (χ4v) is 6.35. The lowest BCUT2D eigenvalue weighted by atomic mass is 10.2. The normalized spacial score (nSPS) is 20.9. The molecule has 0 bridgehead atoms. The first-order valence-electron chi connectivity index (χ1n) is 7.03. The number of benzene rings is 1. The average molecular weight is 342 g/mol. The van der Waals surface area contributed by atoms with Gasteiger partial charge in [-0.3, -0.25) is 0 Å². The third-order valence-electron chi connectivity index (χ3n) is 3.65. The third-order valence-corrected chi connectivity index (χ3v) is 7.41. The second-order valence-electron chi connectivity index (χ2n) is 5.28. The number of hydrogen-bond acceptors (Lipinski definition) is 5. The molecule has 0 amide bonds. The van der Waals surface area contributed by atoms with Gasteiger partial charge in [-0.2, -0.15) is 9.57 Å².